The first-order valence-electron chi connectivity index (χ1n) is 29.4. The third-order valence-electron chi connectivity index (χ3n) is 14.9. The van der Waals surface area contributed by atoms with Gasteiger partial charge in [0.1, 0.15) is 42.0 Å². The molecule has 0 spiro atoms. The zero-order chi connectivity index (χ0) is 70.4. The quantitative estimate of drug-likeness (QED) is 0.0318. The lowest BCUT2D eigenvalue weighted by Gasteiger charge is -2.35. The van der Waals surface area contributed by atoms with Crippen LogP contribution in [0, 0.1) is 6.92 Å². The van der Waals surface area contributed by atoms with Gasteiger partial charge < -0.3 is 38.0 Å². The fraction of sp³-hybridized carbons (Fsp3) is 0.379. The van der Waals surface area contributed by atoms with Gasteiger partial charge in [-0.2, -0.15) is 26.3 Å². The number of carbonyl (C=O) groups is 4. The molecule has 29 heteroatoms. The molecule has 1 aliphatic heterocycles. The first kappa shape index (κ1) is 75.9. The van der Waals surface area contributed by atoms with Crippen LogP contribution in [-0.4, -0.2) is 109 Å². The van der Waals surface area contributed by atoms with E-state index in [-0.39, 0.29) is 59.1 Å². The topological polar surface area (TPSA) is 225 Å². The third kappa shape index (κ3) is 19.3. The van der Waals surface area contributed by atoms with Crippen molar-refractivity contribution in [3.8, 4) is 22.9 Å². The maximum Gasteiger partial charge on any atom is 0.431 e. The molecule has 5 aromatic carbocycles. The van der Waals surface area contributed by atoms with E-state index in [0.717, 1.165) is 73.1 Å². The molecule has 2 amide bonds. The highest BCUT2D eigenvalue weighted by molar-refractivity contribution is 7.90. The lowest BCUT2D eigenvalue weighted by molar-refractivity contribution is -0.148. The number of esters is 1. The Kier molecular flexibility index (Phi) is 26.3. The highest BCUT2D eigenvalue weighted by Gasteiger charge is 2.38. The van der Waals surface area contributed by atoms with Crippen LogP contribution in [0.1, 0.15) is 109 Å². The lowest BCUT2D eigenvalue weighted by atomic mass is 10.0. The number of alkyl halides is 9. The number of amides is 2. The van der Waals surface area contributed by atoms with Gasteiger partial charge in [-0.1, -0.05) is 84.7 Å². The number of hydrogen-bond acceptors (Lipinski definition) is 15. The molecule has 1 aliphatic carbocycles. The highest BCUT2D eigenvalue weighted by Crippen LogP contribution is 2.43. The summed E-state index contributed by atoms with van der Waals surface area (Å²) in [4.78, 5) is 74.8. The average Bonchev–Trinajstić information content (AvgIpc) is 1.76. The van der Waals surface area contributed by atoms with E-state index in [1.807, 2.05) is 82.3 Å². The van der Waals surface area contributed by atoms with Gasteiger partial charge in [-0.05, 0) is 131 Å². The van der Waals surface area contributed by atoms with Gasteiger partial charge in [0.25, 0.3) is 11.5 Å². The van der Waals surface area contributed by atoms with Crippen molar-refractivity contribution in [1.29, 1.82) is 0 Å². The summed E-state index contributed by atoms with van der Waals surface area (Å²) in [5.41, 5.74) is 0.758. The van der Waals surface area contributed by atoms with Crippen LogP contribution in [0.5, 0.6) is 17.2 Å². The maximum absolute atomic E-state index is 13.1. The van der Waals surface area contributed by atoms with Crippen molar-refractivity contribution >= 4 is 79.6 Å². The molecule has 0 N–H and O–H groups in total. The molecule has 0 saturated heterocycles. The first-order chi connectivity index (χ1) is 44.7. The van der Waals surface area contributed by atoms with Crippen molar-refractivity contribution in [2.45, 2.75) is 120 Å². The van der Waals surface area contributed by atoms with Crippen LogP contribution in [0.4, 0.5) is 37.7 Å². The number of benzene rings is 5. The van der Waals surface area contributed by atoms with Crippen molar-refractivity contribution in [3.05, 3.63) is 187 Å². The van der Waals surface area contributed by atoms with Crippen LogP contribution in [-0.2, 0) is 72.5 Å². The molecular formula is C66H70Cl3F6N5O14S. The van der Waals surface area contributed by atoms with Crippen molar-refractivity contribution < 1.29 is 82.1 Å². The van der Waals surface area contributed by atoms with E-state index in [2.05, 4.69) is 18.1 Å². The van der Waals surface area contributed by atoms with Gasteiger partial charge in [0, 0.05) is 43.5 Å². The first-order valence-corrected chi connectivity index (χ1v) is 32.7. The SMILES string of the molecule is CC1COc2ccccc2N1C(=O)C(Cl)Cl.CCc1ccc(COc2ccc(-n3c(=O)cc(C(F)(F)F)n(C)c3=O)cc2)c(OC(C)C(=O)OC)c1.CCc1cccc(C)c1N(C(=O)CCl)C(C)COC.CS(=O)(=O)c1cc(C(F)(F)F)ccc1C(=O)c1cnoc1C1CC1. The monoisotopic (exact) mass is 1410 g/mol. The van der Waals surface area contributed by atoms with Crippen molar-refractivity contribution in [3.63, 3.8) is 0 Å². The number of anilines is 2. The molecule has 9 rings (SSSR count). The minimum Gasteiger partial charge on any atom is -0.489 e. The molecule has 7 aromatic rings. The molecule has 0 bridgehead atoms. The Morgan fingerprint density at radius 3 is 2.08 bits per heavy atom. The fourth-order valence-electron chi connectivity index (χ4n) is 9.90. The Hall–Kier alpha value is -8.17. The number of nitrogens with zero attached hydrogens (tertiary/aromatic N) is 5. The molecule has 1 saturated carbocycles. The van der Waals surface area contributed by atoms with Crippen LogP contribution < -0.4 is 35.3 Å². The van der Waals surface area contributed by atoms with E-state index in [1.165, 1.54) is 37.6 Å². The number of rotatable bonds is 19. The number of methoxy groups -OCH3 is 2. The smallest absolute Gasteiger partial charge is 0.431 e. The minimum atomic E-state index is -4.84. The summed E-state index contributed by atoms with van der Waals surface area (Å²) in [5.74, 6) is 0.250. The molecule has 3 unspecified atom stereocenters. The van der Waals surface area contributed by atoms with E-state index >= 15 is 0 Å². The summed E-state index contributed by atoms with van der Waals surface area (Å²) >= 11 is 17.0. The zero-order valence-electron chi connectivity index (χ0n) is 53.3. The fourth-order valence-corrected chi connectivity index (χ4v) is 11.1. The number of para-hydroxylation sites is 3. The molecule has 95 heavy (non-hydrogen) atoms. The summed E-state index contributed by atoms with van der Waals surface area (Å²) < 4.78 is 134. The molecule has 0 radical (unpaired) electrons. The van der Waals surface area contributed by atoms with Crippen molar-refractivity contribution in [2.75, 3.05) is 49.4 Å². The highest BCUT2D eigenvalue weighted by atomic mass is 35.5. The van der Waals surface area contributed by atoms with Crippen LogP contribution in [0.2, 0.25) is 0 Å². The van der Waals surface area contributed by atoms with Crippen molar-refractivity contribution in [1.82, 2.24) is 14.3 Å². The molecule has 512 valence electrons. The van der Waals surface area contributed by atoms with Crippen LogP contribution in [0.15, 0.2) is 134 Å². The summed E-state index contributed by atoms with van der Waals surface area (Å²) in [7, 11) is -0.186. The van der Waals surface area contributed by atoms with E-state index in [9.17, 15) is 63.5 Å². The normalized spacial score (nSPS) is 14.2. The number of hydrogen-bond donors (Lipinski definition) is 0. The Labute approximate surface area is 559 Å². The maximum atomic E-state index is 13.1. The summed E-state index contributed by atoms with van der Waals surface area (Å²) in [6.45, 7) is 12.5. The zero-order valence-corrected chi connectivity index (χ0v) is 56.4. The Balaban J connectivity index is 0.000000211. The molecule has 2 aliphatic rings. The van der Waals surface area contributed by atoms with Gasteiger partial charge in [-0.15, -0.1) is 11.6 Å². The molecule has 3 heterocycles. The Morgan fingerprint density at radius 1 is 0.832 bits per heavy atom. The number of sulfone groups is 1. The van der Waals surface area contributed by atoms with Crippen LogP contribution in [0.25, 0.3) is 5.69 Å². The molecule has 1 fully saturated rings. The summed E-state index contributed by atoms with van der Waals surface area (Å²) in [5, 5.41) is 3.55. The number of aryl methyl sites for hydroxylation is 3. The van der Waals surface area contributed by atoms with Crippen molar-refractivity contribution in [2.24, 2.45) is 7.05 Å². The van der Waals surface area contributed by atoms with Crippen LogP contribution in [0.3, 0.4) is 0 Å². The number of ether oxygens (including phenoxy) is 5. The van der Waals surface area contributed by atoms with E-state index in [0.29, 0.717) is 69.1 Å². The second-order valence-electron chi connectivity index (χ2n) is 21.9. The predicted molar refractivity (Wildman–Crippen MR) is 345 cm³/mol. The molecule has 19 nitrogen and oxygen atoms in total. The standard InChI is InChI=1S/C25H25F3N2O6.C15H22ClNO2.C15H12F3NO4S.C11H11Cl2NO2/c1-5-16-6-7-17(20(12-16)36-15(2)23(32)34-4)14-35-19-10-8-18(9-11-19)30-22(31)13-21(25(26,27)28)29(3)24(30)33;1-5-13-8-6-7-11(2)15(13)17(14(18)9-16)12(3)10-19-4;1-24(21,22)12-6-9(15(16,17)18)4-5-10(12)13(20)11-7-19-23-14(11)8-2-3-8;1-7-6-16-9-5-3-2-4-8(9)14(7)11(15)10(12)13/h6-13,15H,5,14H2,1-4H3;6-8,12H,5,9-10H2,1-4H3;4-8H,2-3H2,1H3;2-5,7,10H,6H2,1H3. The number of halogens is 9. The van der Waals surface area contributed by atoms with E-state index in [1.54, 1.807) is 23.8 Å². The summed E-state index contributed by atoms with van der Waals surface area (Å²) in [6, 6.07) is 27.0. The number of carbonyl (C=O) groups excluding carboxylic acids is 4. The number of fused-ring (bicyclic) bond motifs is 1. The average molecular weight is 1410 g/mol. The van der Waals surface area contributed by atoms with Gasteiger partial charge in [-0.25, -0.2) is 22.6 Å². The second kappa shape index (κ2) is 33.0. The van der Waals surface area contributed by atoms with E-state index < -0.39 is 72.3 Å². The number of aromatic nitrogens is 3. The largest absolute Gasteiger partial charge is 0.489 e. The van der Waals surface area contributed by atoms with Gasteiger partial charge in [-0.3, -0.25) is 23.7 Å². The second-order valence-corrected chi connectivity index (χ2v) is 25.2. The molecular weight excluding hydrogens is 1340 g/mol. The van der Waals surface area contributed by atoms with E-state index in [4.69, 9.17) is 63.0 Å². The van der Waals surface area contributed by atoms with Gasteiger partial charge in [0.05, 0.1) is 65.1 Å². The Bertz CT molecular complexity index is 4100. The van der Waals surface area contributed by atoms with Gasteiger partial charge >= 0.3 is 24.0 Å². The van der Waals surface area contributed by atoms with Gasteiger partial charge in [0.2, 0.25) is 5.91 Å². The minimum absolute atomic E-state index is 0.0223. The lowest BCUT2D eigenvalue weighted by Crippen LogP contribution is -2.47. The Morgan fingerprint density at radius 2 is 1.51 bits per heavy atom. The molecule has 3 atom stereocenters. The van der Waals surface area contributed by atoms with Crippen LogP contribution >= 0.6 is 34.8 Å². The predicted octanol–water partition coefficient (Wildman–Crippen LogP) is 12.6. The molecule has 2 aromatic heterocycles. The third-order valence-corrected chi connectivity index (χ3v) is 16.6. The summed E-state index contributed by atoms with van der Waals surface area (Å²) in [6.07, 6.45) is -5.17. The number of ketones is 1. The van der Waals surface area contributed by atoms with Gasteiger partial charge in [0.15, 0.2) is 32.3 Å².